The normalized spacial score (nSPS) is 34.5. The van der Waals surface area contributed by atoms with Crippen LogP contribution >= 0.6 is 0 Å². The number of pyridine rings is 1. The van der Waals surface area contributed by atoms with Crippen molar-refractivity contribution in [1.82, 2.24) is 4.98 Å². The van der Waals surface area contributed by atoms with Crippen molar-refractivity contribution < 1.29 is 17.9 Å². The molecular formula is C15H18F3NO. The van der Waals surface area contributed by atoms with Crippen LogP contribution < -0.4 is 4.74 Å². The van der Waals surface area contributed by atoms with Gasteiger partial charge in [-0.1, -0.05) is 20.8 Å². The lowest BCUT2D eigenvalue weighted by molar-refractivity contribution is 0.0239. The fraction of sp³-hybridized carbons (Fsp3) is 0.667. The minimum Gasteiger partial charge on any atom is -0.472 e. The second-order valence-electron chi connectivity index (χ2n) is 6.76. The molecule has 3 atom stereocenters. The van der Waals surface area contributed by atoms with Crippen LogP contribution in [0, 0.1) is 34.3 Å². The van der Waals surface area contributed by atoms with Crippen LogP contribution in [-0.2, 0) is 0 Å². The number of fused-ring (bicyclic) bond motifs is 2. The van der Waals surface area contributed by atoms with Gasteiger partial charge in [0.15, 0.2) is 11.6 Å². The van der Waals surface area contributed by atoms with E-state index in [1.807, 2.05) is 0 Å². The zero-order valence-electron chi connectivity index (χ0n) is 11.8. The first kappa shape index (κ1) is 13.7. The molecule has 0 amide bonds. The van der Waals surface area contributed by atoms with Gasteiger partial charge in [-0.25, -0.2) is 8.78 Å². The first-order valence-electron chi connectivity index (χ1n) is 6.94. The van der Waals surface area contributed by atoms with Crippen LogP contribution in [0.4, 0.5) is 13.2 Å². The maximum Gasteiger partial charge on any atom is 0.253 e. The molecule has 1 aromatic heterocycles. The molecule has 1 heterocycles. The number of rotatable bonds is 2. The summed E-state index contributed by atoms with van der Waals surface area (Å²) in [5, 5.41) is 0. The van der Waals surface area contributed by atoms with Crippen LogP contribution in [0.25, 0.3) is 0 Å². The summed E-state index contributed by atoms with van der Waals surface area (Å²) in [5.74, 6) is -3.49. The molecule has 2 aliphatic carbocycles. The summed E-state index contributed by atoms with van der Waals surface area (Å²) in [7, 11) is 0. The van der Waals surface area contributed by atoms with Gasteiger partial charge in [0.2, 0.25) is 0 Å². The van der Waals surface area contributed by atoms with Crippen LogP contribution in [0.15, 0.2) is 6.07 Å². The molecule has 0 spiro atoms. The smallest absolute Gasteiger partial charge is 0.253 e. The third kappa shape index (κ3) is 1.68. The zero-order valence-corrected chi connectivity index (χ0v) is 11.8. The molecule has 0 N–H and O–H groups in total. The van der Waals surface area contributed by atoms with Crippen molar-refractivity contribution in [2.45, 2.75) is 46.1 Å². The Morgan fingerprint density at radius 1 is 1.20 bits per heavy atom. The summed E-state index contributed by atoms with van der Waals surface area (Å²) in [6, 6.07) is 0.484. The van der Waals surface area contributed by atoms with E-state index in [9.17, 15) is 13.2 Å². The van der Waals surface area contributed by atoms with Gasteiger partial charge in [-0.3, -0.25) is 0 Å². The Morgan fingerprint density at radius 3 is 2.45 bits per heavy atom. The van der Waals surface area contributed by atoms with Crippen LogP contribution in [0.2, 0.25) is 0 Å². The molecule has 5 heteroatoms. The Kier molecular flexibility index (Phi) is 2.82. The largest absolute Gasteiger partial charge is 0.472 e. The Hall–Kier alpha value is -1.26. The highest BCUT2D eigenvalue weighted by Crippen LogP contribution is 2.66. The fourth-order valence-corrected chi connectivity index (χ4v) is 3.95. The topological polar surface area (TPSA) is 22.1 Å². The van der Waals surface area contributed by atoms with Gasteiger partial charge < -0.3 is 4.74 Å². The molecule has 2 saturated carbocycles. The number of aromatic nitrogens is 1. The van der Waals surface area contributed by atoms with Gasteiger partial charge in [-0.05, 0) is 30.6 Å². The molecule has 3 rings (SSSR count). The molecule has 3 unspecified atom stereocenters. The van der Waals surface area contributed by atoms with Crippen molar-refractivity contribution in [3.63, 3.8) is 0 Å². The van der Waals surface area contributed by atoms with E-state index in [4.69, 9.17) is 4.74 Å². The van der Waals surface area contributed by atoms with Crippen molar-refractivity contribution in [2.75, 3.05) is 0 Å². The third-order valence-corrected chi connectivity index (χ3v) is 5.82. The van der Waals surface area contributed by atoms with Gasteiger partial charge in [-0.15, -0.1) is 0 Å². The van der Waals surface area contributed by atoms with Crippen molar-refractivity contribution in [2.24, 2.45) is 16.7 Å². The van der Waals surface area contributed by atoms with Gasteiger partial charge in [0.1, 0.15) is 6.10 Å². The minimum absolute atomic E-state index is 0.0867. The number of nitrogens with zero attached hydrogens (tertiary/aromatic N) is 1. The summed E-state index contributed by atoms with van der Waals surface area (Å²) in [5.41, 5.74) is 0.0172. The van der Waals surface area contributed by atoms with E-state index >= 15 is 0 Å². The van der Waals surface area contributed by atoms with Crippen molar-refractivity contribution in [1.29, 1.82) is 0 Å². The molecule has 0 aromatic carbocycles. The summed E-state index contributed by atoms with van der Waals surface area (Å²) in [4.78, 5) is 3.26. The van der Waals surface area contributed by atoms with Gasteiger partial charge in [0.25, 0.3) is 11.8 Å². The minimum atomic E-state index is -1.33. The van der Waals surface area contributed by atoms with Crippen LogP contribution in [0.1, 0.15) is 40.0 Å². The predicted octanol–water partition coefficient (Wildman–Crippen LogP) is 4.09. The first-order chi connectivity index (χ1) is 9.25. The average Bonchev–Trinajstić information content (AvgIpc) is 2.69. The van der Waals surface area contributed by atoms with E-state index in [-0.39, 0.29) is 16.9 Å². The van der Waals surface area contributed by atoms with E-state index in [0.29, 0.717) is 12.0 Å². The lowest BCUT2D eigenvalue weighted by Gasteiger charge is -2.38. The predicted molar refractivity (Wildman–Crippen MR) is 67.8 cm³/mol. The van der Waals surface area contributed by atoms with Gasteiger partial charge in [-0.2, -0.15) is 9.37 Å². The monoisotopic (exact) mass is 285 g/mol. The third-order valence-electron chi connectivity index (χ3n) is 5.82. The molecule has 2 bridgehead atoms. The molecule has 2 fully saturated rings. The highest BCUT2D eigenvalue weighted by atomic mass is 19.2. The lowest BCUT2D eigenvalue weighted by atomic mass is 9.70. The first-order valence-corrected chi connectivity index (χ1v) is 6.94. The molecule has 0 radical (unpaired) electrons. The van der Waals surface area contributed by atoms with Crippen molar-refractivity contribution in [3.8, 4) is 5.88 Å². The fourth-order valence-electron chi connectivity index (χ4n) is 3.95. The van der Waals surface area contributed by atoms with Gasteiger partial charge in [0, 0.05) is 11.5 Å². The van der Waals surface area contributed by atoms with E-state index in [0.717, 1.165) is 19.3 Å². The molecule has 0 saturated heterocycles. The highest BCUT2D eigenvalue weighted by molar-refractivity contribution is 5.19. The summed E-state index contributed by atoms with van der Waals surface area (Å²) >= 11 is 0. The van der Waals surface area contributed by atoms with Crippen LogP contribution in [0.3, 0.4) is 0 Å². The Labute approximate surface area is 116 Å². The quantitative estimate of drug-likeness (QED) is 0.763. The van der Waals surface area contributed by atoms with Crippen LogP contribution in [0.5, 0.6) is 5.88 Å². The second-order valence-corrected chi connectivity index (χ2v) is 6.76. The number of hydrogen-bond acceptors (Lipinski definition) is 2. The van der Waals surface area contributed by atoms with E-state index in [2.05, 4.69) is 25.8 Å². The summed E-state index contributed by atoms with van der Waals surface area (Å²) in [6.07, 6.45) is 2.74. The maximum absolute atomic E-state index is 13.6. The number of ether oxygens (including phenoxy) is 1. The van der Waals surface area contributed by atoms with E-state index in [1.165, 1.54) is 0 Å². The van der Waals surface area contributed by atoms with Crippen LogP contribution in [-0.4, -0.2) is 11.1 Å². The lowest BCUT2D eigenvalue weighted by Crippen LogP contribution is -2.39. The average molecular weight is 285 g/mol. The molecule has 0 aliphatic heterocycles. The van der Waals surface area contributed by atoms with E-state index in [1.54, 1.807) is 0 Å². The standard InChI is InChI=1S/C15H18F3NO/c1-14(2)8-4-5-15(14,3)11(6-8)20-13-10(17)7-9(16)12(18)19-13/h7-8,11H,4-6H2,1-3H3. The molecule has 20 heavy (non-hydrogen) atoms. The Morgan fingerprint density at radius 2 is 1.90 bits per heavy atom. The number of hydrogen-bond donors (Lipinski definition) is 0. The molecule has 110 valence electrons. The molecule has 2 aliphatic rings. The summed E-state index contributed by atoms with van der Waals surface area (Å²) < 4.78 is 45.3. The molecule has 2 nitrogen and oxygen atoms in total. The highest BCUT2D eigenvalue weighted by Gasteiger charge is 2.62. The molecular weight excluding hydrogens is 267 g/mol. The summed E-state index contributed by atoms with van der Waals surface area (Å²) in [6.45, 7) is 6.52. The van der Waals surface area contributed by atoms with Crippen molar-refractivity contribution >= 4 is 0 Å². The van der Waals surface area contributed by atoms with Crippen molar-refractivity contribution in [3.05, 3.63) is 23.6 Å². The van der Waals surface area contributed by atoms with E-state index < -0.39 is 23.5 Å². The van der Waals surface area contributed by atoms with Gasteiger partial charge >= 0.3 is 0 Å². The van der Waals surface area contributed by atoms with Gasteiger partial charge in [0.05, 0.1) is 0 Å². The maximum atomic E-state index is 13.6. The molecule has 1 aromatic rings. The zero-order chi connectivity index (χ0) is 14.7. The Bertz CT molecular complexity index is 560. The second kappa shape index (κ2) is 4.12. The number of halogens is 3. The SMILES string of the molecule is CC1(C)C2CCC1(C)C(Oc1nc(F)c(F)cc1F)C2. The Balaban J connectivity index is 1.89.